The van der Waals surface area contributed by atoms with Crippen LogP contribution < -0.4 is 4.74 Å². The van der Waals surface area contributed by atoms with Gasteiger partial charge >= 0.3 is 0 Å². The molecule has 3 aromatic rings. The summed E-state index contributed by atoms with van der Waals surface area (Å²) in [4.78, 5) is 0. The summed E-state index contributed by atoms with van der Waals surface area (Å²) in [5, 5.41) is 7.61. The van der Waals surface area contributed by atoms with Crippen molar-refractivity contribution in [2.24, 2.45) is 5.10 Å². The standard InChI is InChI=1S/C22H15Cl2FN2O/c23-14-10-8-13(9-11-14)18-12-19-15-4-1-2-7-20(15)28-22(27(19)26-18)21-16(24)5-3-6-17(21)25/h1-11,19,22H,12H2. The second kappa shape index (κ2) is 6.80. The number of nitrogens with zero attached hydrogens (tertiary/aromatic N) is 2. The van der Waals surface area contributed by atoms with Gasteiger partial charge in [-0.2, -0.15) is 5.10 Å². The molecule has 2 heterocycles. The highest BCUT2D eigenvalue weighted by Crippen LogP contribution is 2.48. The third-order valence-electron chi connectivity index (χ3n) is 5.12. The molecule has 0 saturated carbocycles. The van der Waals surface area contributed by atoms with Gasteiger partial charge in [0.05, 0.1) is 22.3 Å². The highest BCUT2D eigenvalue weighted by molar-refractivity contribution is 6.31. The van der Waals surface area contributed by atoms with Crippen molar-refractivity contribution in [3.8, 4) is 5.75 Å². The van der Waals surface area contributed by atoms with E-state index in [9.17, 15) is 4.39 Å². The van der Waals surface area contributed by atoms with E-state index < -0.39 is 12.0 Å². The van der Waals surface area contributed by atoms with E-state index in [2.05, 4.69) is 0 Å². The maximum absolute atomic E-state index is 14.7. The van der Waals surface area contributed by atoms with Gasteiger partial charge in [-0.3, -0.25) is 0 Å². The Hall–Kier alpha value is -2.56. The fourth-order valence-corrected chi connectivity index (χ4v) is 4.17. The lowest BCUT2D eigenvalue weighted by Crippen LogP contribution is -2.34. The van der Waals surface area contributed by atoms with Gasteiger partial charge in [-0.25, -0.2) is 9.40 Å². The number of hydrogen-bond acceptors (Lipinski definition) is 3. The fraction of sp³-hybridized carbons (Fsp3) is 0.136. The lowest BCUT2D eigenvalue weighted by molar-refractivity contribution is -0.0211. The van der Waals surface area contributed by atoms with E-state index in [0.29, 0.717) is 22.0 Å². The third kappa shape index (κ3) is 2.84. The minimum atomic E-state index is -0.738. The van der Waals surface area contributed by atoms with Gasteiger partial charge in [-0.05, 0) is 35.9 Å². The van der Waals surface area contributed by atoms with Crippen LogP contribution >= 0.6 is 23.2 Å². The second-order valence-electron chi connectivity index (χ2n) is 6.80. The van der Waals surface area contributed by atoms with Gasteiger partial charge in [0.25, 0.3) is 0 Å². The molecule has 0 amide bonds. The molecule has 0 aromatic heterocycles. The zero-order valence-corrected chi connectivity index (χ0v) is 16.2. The summed E-state index contributed by atoms with van der Waals surface area (Å²) in [5.41, 5.74) is 3.21. The number of rotatable bonds is 2. The van der Waals surface area contributed by atoms with E-state index in [1.54, 1.807) is 12.1 Å². The monoisotopic (exact) mass is 412 g/mol. The Kier molecular flexibility index (Phi) is 4.26. The van der Waals surface area contributed by atoms with E-state index in [1.165, 1.54) is 6.07 Å². The maximum atomic E-state index is 14.7. The summed E-state index contributed by atoms with van der Waals surface area (Å²) in [6, 6.07) is 19.9. The van der Waals surface area contributed by atoms with E-state index in [-0.39, 0.29) is 6.04 Å². The molecule has 0 saturated heterocycles. The van der Waals surface area contributed by atoms with Crippen molar-refractivity contribution < 1.29 is 9.13 Å². The van der Waals surface area contributed by atoms with Crippen molar-refractivity contribution >= 4 is 28.9 Å². The molecule has 0 fully saturated rings. The van der Waals surface area contributed by atoms with Crippen LogP contribution in [0.1, 0.15) is 35.4 Å². The van der Waals surface area contributed by atoms with E-state index >= 15 is 0 Å². The van der Waals surface area contributed by atoms with Crippen molar-refractivity contribution in [3.63, 3.8) is 0 Å². The van der Waals surface area contributed by atoms with Crippen molar-refractivity contribution in [2.75, 3.05) is 0 Å². The molecule has 0 aliphatic carbocycles. The highest BCUT2D eigenvalue weighted by atomic mass is 35.5. The number of fused-ring (bicyclic) bond motifs is 3. The topological polar surface area (TPSA) is 24.8 Å². The first-order chi connectivity index (χ1) is 13.6. The lowest BCUT2D eigenvalue weighted by Gasteiger charge is -2.38. The first-order valence-corrected chi connectivity index (χ1v) is 9.68. The summed E-state index contributed by atoms with van der Waals surface area (Å²) in [6.07, 6.45) is -0.0525. The number of ether oxygens (including phenoxy) is 1. The van der Waals surface area contributed by atoms with Crippen LogP contribution in [-0.2, 0) is 0 Å². The van der Waals surface area contributed by atoms with Crippen molar-refractivity contribution in [3.05, 3.63) is 99.3 Å². The van der Waals surface area contributed by atoms with Gasteiger partial charge in [0.15, 0.2) is 0 Å². The molecular weight excluding hydrogens is 398 g/mol. The van der Waals surface area contributed by atoms with E-state index in [4.69, 9.17) is 33.0 Å². The summed E-state index contributed by atoms with van der Waals surface area (Å²) in [5.74, 6) is 0.311. The molecule has 0 radical (unpaired) electrons. The summed E-state index contributed by atoms with van der Waals surface area (Å²) in [6.45, 7) is 0. The normalized spacial score (nSPS) is 20.2. The van der Waals surface area contributed by atoms with Crippen molar-refractivity contribution in [2.45, 2.75) is 18.7 Å². The molecule has 3 aromatic carbocycles. The first kappa shape index (κ1) is 17.5. The Morgan fingerprint density at radius 1 is 0.964 bits per heavy atom. The highest BCUT2D eigenvalue weighted by Gasteiger charge is 2.42. The molecule has 28 heavy (non-hydrogen) atoms. The number of hydrogen-bond donors (Lipinski definition) is 0. The molecule has 2 atom stereocenters. The van der Waals surface area contributed by atoms with Gasteiger partial charge in [0.2, 0.25) is 6.23 Å². The minimum Gasteiger partial charge on any atom is -0.464 e. The zero-order valence-electron chi connectivity index (χ0n) is 14.6. The molecule has 140 valence electrons. The minimum absolute atomic E-state index is 0.0590. The van der Waals surface area contributed by atoms with Crippen LogP contribution in [0, 0.1) is 5.82 Å². The van der Waals surface area contributed by atoms with Gasteiger partial charge in [-0.1, -0.05) is 59.6 Å². The molecule has 0 N–H and O–H groups in total. The number of benzene rings is 3. The Bertz CT molecular complexity index is 1060. The number of para-hydroxylation sites is 1. The summed E-state index contributed by atoms with van der Waals surface area (Å²) < 4.78 is 20.8. The van der Waals surface area contributed by atoms with Crippen LogP contribution in [-0.4, -0.2) is 10.7 Å². The number of halogens is 3. The smallest absolute Gasteiger partial charge is 0.218 e. The van der Waals surface area contributed by atoms with E-state index in [0.717, 1.165) is 22.6 Å². The van der Waals surface area contributed by atoms with Crippen LogP contribution in [0.5, 0.6) is 5.75 Å². The maximum Gasteiger partial charge on any atom is 0.218 e. The average Bonchev–Trinajstić information content (AvgIpc) is 3.14. The van der Waals surface area contributed by atoms with Crippen LogP contribution in [0.4, 0.5) is 4.39 Å². The molecule has 2 unspecified atom stereocenters. The lowest BCUT2D eigenvalue weighted by atomic mass is 9.96. The number of hydrazone groups is 1. The second-order valence-corrected chi connectivity index (χ2v) is 7.64. The largest absolute Gasteiger partial charge is 0.464 e. The molecule has 0 spiro atoms. The zero-order chi connectivity index (χ0) is 19.3. The summed E-state index contributed by atoms with van der Waals surface area (Å²) >= 11 is 12.4. The molecule has 2 aliphatic heterocycles. The predicted octanol–water partition coefficient (Wildman–Crippen LogP) is 6.37. The Morgan fingerprint density at radius 2 is 1.75 bits per heavy atom. The Balaban J connectivity index is 1.63. The Labute approximate surface area is 172 Å². The van der Waals surface area contributed by atoms with Crippen molar-refractivity contribution in [1.82, 2.24) is 5.01 Å². The summed E-state index contributed by atoms with van der Waals surface area (Å²) in [7, 11) is 0. The molecule has 2 aliphatic rings. The molecule has 3 nitrogen and oxygen atoms in total. The van der Waals surface area contributed by atoms with Gasteiger partial charge in [-0.15, -0.1) is 0 Å². The average molecular weight is 413 g/mol. The Morgan fingerprint density at radius 3 is 2.54 bits per heavy atom. The first-order valence-electron chi connectivity index (χ1n) is 8.93. The molecule has 0 bridgehead atoms. The van der Waals surface area contributed by atoms with Crippen LogP contribution in [0.3, 0.4) is 0 Å². The van der Waals surface area contributed by atoms with Gasteiger partial charge < -0.3 is 4.74 Å². The van der Waals surface area contributed by atoms with Crippen LogP contribution in [0.25, 0.3) is 0 Å². The fourth-order valence-electron chi connectivity index (χ4n) is 3.79. The van der Waals surface area contributed by atoms with Gasteiger partial charge in [0, 0.05) is 17.0 Å². The van der Waals surface area contributed by atoms with E-state index in [1.807, 2.05) is 53.5 Å². The van der Waals surface area contributed by atoms with Crippen LogP contribution in [0.15, 0.2) is 71.8 Å². The van der Waals surface area contributed by atoms with Gasteiger partial charge in [0.1, 0.15) is 11.6 Å². The quantitative estimate of drug-likeness (QED) is 0.487. The third-order valence-corrected chi connectivity index (χ3v) is 5.70. The molecular formula is C22H15Cl2FN2O. The van der Waals surface area contributed by atoms with Crippen molar-refractivity contribution in [1.29, 1.82) is 0 Å². The SMILES string of the molecule is Fc1cccc(Cl)c1C1Oc2ccccc2C2CC(c3ccc(Cl)cc3)=NN21. The molecule has 5 rings (SSSR count). The predicted molar refractivity (Wildman–Crippen MR) is 108 cm³/mol. The van der Waals surface area contributed by atoms with Crippen LogP contribution in [0.2, 0.25) is 10.0 Å². The molecule has 6 heteroatoms.